The van der Waals surface area contributed by atoms with E-state index in [4.69, 9.17) is 25.8 Å². The molecule has 0 amide bonds. The molecule has 2 aromatic carbocycles. The Hall–Kier alpha value is -2.38. The van der Waals surface area contributed by atoms with Gasteiger partial charge in [-0.2, -0.15) is 0 Å². The number of ether oxygens (including phenoxy) is 3. The van der Waals surface area contributed by atoms with Crippen LogP contribution in [0.5, 0.6) is 17.2 Å². The number of hydrogen-bond acceptors (Lipinski definition) is 6. The van der Waals surface area contributed by atoms with E-state index in [1.54, 1.807) is 18.9 Å². The van der Waals surface area contributed by atoms with Crippen LogP contribution in [0, 0.1) is 0 Å². The zero-order valence-electron chi connectivity index (χ0n) is 16.4. The second-order valence-electron chi connectivity index (χ2n) is 6.52. The fourth-order valence-corrected chi connectivity index (χ4v) is 4.37. The first-order chi connectivity index (χ1) is 14.2. The summed E-state index contributed by atoms with van der Waals surface area (Å²) in [6.07, 6.45) is 0.850. The van der Waals surface area contributed by atoms with Crippen LogP contribution in [0.25, 0.3) is 11.4 Å². The summed E-state index contributed by atoms with van der Waals surface area (Å²) in [5.74, 6) is 3.71. The summed E-state index contributed by atoms with van der Waals surface area (Å²) in [6.45, 7) is 4.12. The maximum Gasteiger partial charge on any atom is 0.191 e. The van der Waals surface area contributed by atoms with Gasteiger partial charge in [-0.1, -0.05) is 23.4 Å². The number of aromatic nitrogens is 3. The van der Waals surface area contributed by atoms with Crippen molar-refractivity contribution in [1.29, 1.82) is 0 Å². The highest BCUT2D eigenvalue weighted by Gasteiger charge is 2.17. The smallest absolute Gasteiger partial charge is 0.191 e. The van der Waals surface area contributed by atoms with Crippen molar-refractivity contribution in [2.45, 2.75) is 30.8 Å². The molecule has 0 spiro atoms. The van der Waals surface area contributed by atoms with Crippen LogP contribution in [0.2, 0.25) is 5.02 Å². The van der Waals surface area contributed by atoms with Crippen molar-refractivity contribution >= 4 is 23.4 Å². The first kappa shape index (κ1) is 19.9. The molecule has 1 aromatic heterocycles. The summed E-state index contributed by atoms with van der Waals surface area (Å²) in [5, 5.41) is 10.2. The molecule has 0 bridgehead atoms. The number of halogens is 1. The van der Waals surface area contributed by atoms with Gasteiger partial charge >= 0.3 is 0 Å². The third-order valence-electron chi connectivity index (χ3n) is 4.61. The maximum atomic E-state index is 6.41. The van der Waals surface area contributed by atoms with E-state index < -0.39 is 0 Å². The van der Waals surface area contributed by atoms with Crippen LogP contribution in [0.1, 0.15) is 18.9 Å². The molecule has 3 aromatic rings. The molecule has 1 aliphatic heterocycles. The second-order valence-corrected chi connectivity index (χ2v) is 7.87. The van der Waals surface area contributed by atoms with E-state index >= 15 is 0 Å². The minimum atomic E-state index is 0.580. The number of thioether (sulfide) groups is 1. The molecule has 0 atom stereocenters. The summed E-state index contributed by atoms with van der Waals surface area (Å²) in [6, 6.07) is 11.8. The molecule has 8 heteroatoms. The monoisotopic (exact) mass is 431 g/mol. The lowest BCUT2D eigenvalue weighted by molar-refractivity contribution is 0.297. The molecule has 0 radical (unpaired) electrons. The van der Waals surface area contributed by atoms with E-state index in [0.717, 1.165) is 40.8 Å². The van der Waals surface area contributed by atoms with Crippen LogP contribution < -0.4 is 14.2 Å². The Kier molecular flexibility index (Phi) is 6.16. The Balaban J connectivity index is 1.54. The average molecular weight is 432 g/mol. The largest absolute Gasteiger partial charge is 0.497 e. The van der Waals surface area contributed by atoms with E-state index in [1.807, 2.05) is 36.4 Å². The van der Waals surface area contributed by atoms with Gasteiger partial charge in [0, 0.05) is 24.3 Å². The number of hydrogen-bond donors (Lipinski definition) is 0. The predicted molar refractivity (Wildman–Crippen MR) is 114 cm³/mol. The lowest BCUT2D eigenvalue weighted by Gasteiger charge is -2.12. The van der Waals surface area contributed by atoms with Crippen molar-refractivity contribution in [1.82, 2.24) is 14.8 Å². The minimum Gasteiger partial charge on any atom is -0.497 e. The van der Waals surface area contributed by atoms with Crippen molar-refractivity contribution in [3.63, 3.8) is 0 Å². The molecule has 0 saturated heterocycles. The summed E-state index contributed by atoms with van der Waals surface area (Å²) < 4.78 is 18.8. The van der Waals surface area contributed by atoms with Crippen LogP contribution >= 0.6 is 23.4 Å². The maximum absolute atomic E-state index is 6.41. The fourth-order valence-electron chi connectivity index (χ4n) is 3.15. The van der Waals surface area contributed by atoms with Crippen LogP contribution in [0.4, 0.5) is 0 Å². The Labute approximate surface area is 179 Å². The predicted octanol–water partition coefficient (Wildman–Crippen LogP) is 5.08. The van der Waals surface area contributed by atoms with Gasteiger partial charge in [0.1, 0.15) is 5.75 Å². The normalized spacial score (nSPS) is 13.2. The number of rotatable bonds is 6. The van der Waals surface area contributed by atoms with Crippen molar-refractivity contribution in [3.05, 3.63) is 47.0 Å². The Morgan fingerprint density at radius 3 is 2.69 bits per heavy atom. The quantitative estimate of drug-likeness (QED) is 0.507. The molecule has 0 fully saturated rings. The molecule has 0 unspecified atom stereocenters. The highest BCUT2D eigenvalue weighted by molar-refractivity contribution is 7.98. The zero-order valence-corrected chi connectivity index (χ0v) is 17.9. The molecule has 0 aliphatic carbocycles. The van der Waals surface area contributed by atoms with Gasteiger partial charge in [0.15, 0.2) is 22.5 Å². The summed E-state index contributed by atoms with van der Waals surface area (Å²) >= 11 is 8.03. The van der Waals surface area contributed by atoms with E-state index in [2.05, 4.69) is 21.7 Å². The molecule has 0 saturated carbocycles. The van der Waals surface area contributed by atoms with Gasteiger partial charge < -0.3 is 18.8 Å². The van der Waals surface area contributed by atoms with Crippen molar-refractivity contribution in [2.75, 3.05) is 20.3 Å². The standard InChI is InChI=1S/C21H22ClN3O3S/c1-3-25-20(15-5-7-16(26-2)8-6-15)23-24-21(25)29-13-14-11-17(22)19-18(12-14)27-9-4-10-28-19/h5-8,11-12H,3-4,9-10,13H2,1-2H3. The van der Waals surface area contributed by atoms with Gasteiger partial charge in [-0.25, -0.2) is 0 Å². The van der Waals surface area contributed by atoms with Gasteiger partial charge in [-0.05, 0) is 48.9 Å². The van der Waals surface area contributed by atoms with Crippen molar-refractivity contribution < 1.29 is 14.2 Å². The van der Waals surface area contributed by atoms with Crippen LogP contribution in [-0.2, 0) is 12.3 Å². The molecular weight excluding hydrogens is 410 g/mol. The number of benzene rings is 2. The number of nitrogens with zero attached hydrogens (tertiary/aromatic N) is 3. The van der Waals surface area contributed by atoms with E-state index in [9.17, 15) is 0 Å². The van der Waals surface area contributed by atoms with Crippen LogP contribution in [0.15, 0.2) is 41.6 Å². The van der Waals surface area contributed by atoms with E-state index in [-0.39, 0.29) is 0 Å². The number of fused-ring (bicyclic) bond motifs is 1. The molecule has 4 rings (SSSR count). The molecule has 152 valence electrons. The first-order valence-corrected chi connectivity index (χ1v) is 10.8. The summed E-state index contributed by atoms with van der Waals surface area (Å²) in [7, 11) is 1.66. The lowest BCUT2D eigenvalue weighted by Crippen LogP contribution is -2.00. The third kappa shape index (κ3) is 4.31. The van der Waals surface area contributed by atoms with Crippen LogP contribution in [-0.4, -0.2) is 35.1 Å². The third-order valence-corrected chi connectivity index (χ3v) is 5.93. The minimum absolute atomic E-state index is 0.580. The average Bonchev–Trinajstić information content (AvgIpc) is 3.00. The second kappa shape index (κ2) is 8.97. The van der Waals surface area contributed by atoms with Gasteiger partial charge in [0.2, 0.25) is 0 Å². The Morgan fingerprint density at radius 2 is 1.93 bits per heavy atom. The van der Waals surface area contributed by atoms with Crippen molar-refractivity contribution in [3.8, 4) is 28.6 Å². The molecule has 29 heavy (non-hydrogen) atoms. The topological polar surface area (TPSA) is 58.4 Å². The zero-order chi connectivity index (χ0) is 20.2. The number of methoxy groups -OCH3 is 1. The van der Waals surface area contributed by atoms with Crippen LogP contribution in [0.3, 0.4) is 0 Å². The van der Waals surface area contributed by atoms with Gasteiger partial charge in [-0.3, -0.25) is 0 Å². The van der Waals surface area contributed by atoms with Gasteiger partial charge in [0.05, 0.1) is 25.3 Å². The molecule has 1 aliphatic rings. The van der Waals surface area contributed by atoms with Gasteiger partial charge in [0.25, 0.3) is 0 Å². The Bertz CT molecular complexity index is 992. The molecule has 2 heterocycles. The highest BCUT2D eigenvalue weighted by Crippen LogP contribution is 2.39. The Morgan fingerprint density at radius 1 is 1.14 bits per heavy atom. The van der Waals surface area contributed by atoms with E-state index in [0.29, 0.717) is 35.5 Å². The highest BCUT2D eigenvalue weighted by atomic mass is 35.5. The lowest BCUT2D eigenvalue weighted by atomic mass is 10.2. The molecule has 6 nitrogen and oxygen atoms in total. The van der Waals surface area contributed by atoms with E-state index in [1.165, 1.54) is 0 Å². The summed E-state index contributed by atoms with van der Waals surface area (Å²) in [4.78, 5) is 0. The first-order valence-electron chi connectivity index (χ1n) is 9.48. The SMILES string of the molecule is CCn1c(SCc2cc(Cl)c3c(c2)OCCCO3)nnc1-c1ccc(OC)cc1. The summed E-state index contributed by atoms with van der Waals surface area (Å²) in [5.41, 5.74) is 2.06. The molecule has 0 N–H and O–H groups in total. The van der Waals surface area contributed by atoms with Crippen molar-refractivity contribution in [2.24, 2.45) is 0 Å². The van der Waals surface area contributed by atoms with Gasteiger partial charge in [-0.15, -0.1) is 10.2 Å². The molecular formula is C21H22ClN3O3S. The fraction of sp³-hybridized carbons (Fsp3) is 0.333.